The number of nitrogens with zero attached hydrogens (tertiary/aromatic N) is 6. The normalized spacial score (nSPS) is 14.0. The second-order valence-electron chi connectivity index (χ2n) is 9.02. The van der Waals surface area contributed by atoms with Crippen molar-refractivity contribution in [2.24, 2.45) is 0 Å². The summed E-state index contributed by atoms with van der Waals surface area (Å²) < 4.78 is 23.1. The lowest BCUT2D eigenvalue weighted by atomic mass is 10.1. The molecule has 0 atom stereocenters. The molecular weight excluding hydrogens is 453 g/mol. The summed E-state index contributed by atoms with van der Waals surface area (Å²) >= 11 is 0. The van der Waals surface area contributed by atoms with Gasteiger partial charge in [0.15, 0.2) is 11.3 Å². The number of hydrogen-bond acceptors (Lipinski definition) is 7. The van der Waals surface area contributed by atoms with Gasteiger partial charge in [0.2, 0.25) is 5.88 Å². The second-order valence-corrected chi connectivity index (χ2v) is 9.02. The number of carbonyl (C=O) groups excluding carboxylic acids is 1. The molecule has 5 heterocycles. The summed E-state index contributed by atoms with van der Waals surface area (Å²) in [4.78, 5) is 25.7. The number of anilines is 3. The first kappa shape index (κ1) is 21.1. The van der Waals surface area contributed by atoms with Gasteiger partial charge >= 0.3 is 6.03 Å². The van der Waals surface area contributed by atoms with Crippen molar-refractivity contribution < 1.29 is 13.7 Å². The Kier molecular flexibility index (Phi) is 4.53. The van der Waals surface area contributed by atoms with Gasteiger partial charge in [-0.15, -0.1) is 0 Å². The van der Waals surface area contributed by atoms with Crippen LogP contribution in [0.3, 0.4) is 0 Å². The number of urea groups is 1. The molecule has 4 N–H and O–H groups in total. The van der Waals surface area contributed by atoms with E-state index in [0.29, 0.717) is 23.2 Å². The van der Waals surface area contributed by atoms with Crippen LogP contribution in [0.1, 0.15) is 38.4 Å². The molecule has 1 aliphatic rings. The standard InChI is InChI=1S/C23H22FN9O2/c1-23(2,24)16-9-17(35-31-16)30-22(34)29-14-5-6-15(32-8-7-26-20(14)32)13-10-33(12-3-4-12)21-18(13)19(25)27-11-28-21/h5-12H,3-4H2,1-2H3,(H2,25,27,28)(H2,29,30,34). The van der Waals surface area contributed by atoms with E-state index in [-0.39, 0.29) is 11.6 Å². The molecule has 6 rings (SSSR count). The smallest absolute Gasteiger partial charge is 0.326 e. The van der Waals surface area contributed by atoms with E-state index in [0.717, 1.165) is 35.1 Å². The number of pyridine rings is 1. The Morgan fingerprint density at radius 2 is 2.03 bits per heavy atom. The molecule has 0 saturated heterocycles. The van der Waals surface area contributed by atoms with Gasteiger partial charge in [-0.05, 0) is 38.8 Å². The largest absolute Gasteiger partial charge is 0.383 e. The molecule has 0 spiro atoms. The molecule has 1 aliphatic carbocycles. The highest BCUT2D eigenvalue weighted by Gasteiger charge is 2.28. The van der Waals surface area contributed by atoms with E-state index < -0.39 is 11.7 Å². The van der Waals surface area contributed by atoms with Crippen molar-refractivity contribution in [1.29, 1.82) is 0 Å². The predicted molar refractivity (Wildman–Crippen MR) is 128 cm³/mol. The molecule has 0 aliphatic heterocycles. The van der Waals surface area contributed by atoms with E-state index in [1.165, 1.54) is 26.2 Å². The highest BCUT2D eigenvalue weighted by Crippen LogP contribution is 2.42. The third-order valence-electron chi connectivity index (χ3n) is 6.01. The zero-order chi connectivity index (χ0) is 24.3. The molecule has 12 heteroatoms. The fraction of sp³-hybridized carbons (Fsp3) is 0.261. The molecule has 178 valence electrons. The zero-order valence-electron chi connectivity index (χ0n) is 19.0. The maximum absolute atomic E-state index is 14.0. The first-order valence-corrected chi connectivity index (χ1v) is 11.1. The minimum atomic E-state index is -1.69. The molecule has 11 nitrogen and oxygen atoms in total. The van der Waals surface area contributed by atoms with Gasteiger partial charge < -0.3 is 20.1 Å². The number of alkyl halides is 1. The third-order valence-corrected chi connectivity index (χ3v) is 6.01. The molecule has 0 radical (unpaired) electrons. The molecule has 0 bridgehead atoms. The monoisotopic (exact) mass is 475 g/mol. The molecule has 0 aromatic carbocycles. The fourth-order valence-corrected chi connectivity index (χ4v) is 4.14. The fourth-order valence-electron chi connectivity index (χ4n) is 4.14. The van der Waals surface area contributed by atoms with Crippen molar-refractivity contribution in [1.82, 2.24) is 29.1 Å². The highest BCUT2D eigenvalue weighted by molar-refractivity contribution is 6.03. The van der Waals surface area contributed by atoms with Gasteiger partial charge in [0.25, 0.3) is 0 Å². The van der Waals surface area contributed by atoms with Gasteiger partial charge in [-0.3, -0.25) is 9.72 Å². The lowest BCUT2D eigenvalue weighted by Crippen LogP contribution is -2.19. The summed E-state index contributed by atoms with van der Waals surface area (Å²) in [6.45, 7) is 2.71. The number of aromatic nitrogens is 6. The van der Waals surface area contributed by atoms with Crippen LogP contribution < -0.4 is 16.4 Å². The minimum Gasteiger partial charge on any atom is -0.383 e. The van der Waals surface area contributed by atoms with Gasteiger partial charge in [0.05, 0.1) is 16.8 Å². The molecule has 2 amide bonds. The molecule has 5 aromatic rings. The Morgan fingerprint density at radius 3 is 2.77 bits per heavy atom. The van der Waals surface area contributed by atoms with Crippen molar-refractivity contribution >= 4 is 40.1 Å². The average molecular weight is 475 g/mol. The number of carbonyl (C=O) groups is 1. The number of fused-ring (bicyclic) bond motifs is 2. The SMILES string of the molecule is CC(C)(F)c1cc(NC(=O)Nc2ccc(-c3cn(C4CC4)c4ncnc(N)c34)n3ccnc23)on1. The Balaban J connectivity index is 1.34. The maximum atomic E-state index is 14.0. The third kappa shape index (κ3) is 3.63. The summed E-state index contributed by atoms with van der Waals surface area (Å²) in [5.74, 6) is 0.435. The molecular formula is C23H22FN9O2. The number of hydrogen-bond donors (Lipinski definition) is 3. The van der Waals surface area contributed by atoms with Gasteiger partial charge in [0.1, 0.15) is 23.5 Å². The topological polar surface area (TPSA) is 141 Å². The Labute approximate surface area is 198 Å². The van der Waals surface area contributed by atoms with E-state index in [1.807, 2.05) is 10.5 Å². The van der Waals surface area contributed by atoms with Gasteiger partial charge in [-0.2, -0.15) is 0 Å². The van der Waals surface area contributed by atoms with Crippen LogP contribution in [0.2, 0.25) is 0 Å². The van der Waals surface area contributed by atoms with Crippen LogP contribution >= 0.6 is 0 Å². The summed E-state index contributed by atoms with van der Waals surface area (Å²) in [6, 6.07) is 4.80. The molecule has 5 aromatic heterocycles. The van der Waals surface area contributed by atoms with Crippen molar-refractivity contribution in [2.75, 3.05) is 16.4 Å². The van der Waals surface area contributed by atoms with Crippen molar-refractivity contribution in [3.05, 3.63) is 48.8 Å². The van der Waals surface area contributed by atoms with Crippen LogP contribution in [0, 0.1) is 0 Å². The van der Waals surface area contributed by atoms with Crippen LogP contribution in [-0.4, -0.2) is 35.1 Å². The highest BCUT2D eigenvalue weighted by atomic mass is 19.1. The van der Waals surface area contributed by atoms with Gasteiger partial charge in [0, 0.05) is 36.3 Å². The van der Waals surface area contributed by atoms with E-state index in [9.17, 15) is 9.18 Å². The second kappa shape index (κ2) is 7.52. The molecule has 35 heavy (non-hydrogen) atoms. The summed E-state index contributed by atoms with van der Waals surface area (Å²) in [5.41, 5.74) is 8.17. The zero-order valence-corrected chi connectivity index (χ0v) is 19.0. The summed E-state index contributed by atoms with van der Waals surface area (Å²) in [5, 5.41) is 9.72. The molecule has 1 fully saturated rings. The van der Waals surface area contributed by atoms with Gasteiger partial charge in [-0.1, -0.05) is 5.16 Å². The summed E-state index contributed by atoms with van der Waals surface area (Å²) in [7, 11) is 0. The predicted octanol–water partition coefficient (Wildman–Crippen LogP) is 4.50. The van der Waals surface area contributed by atoms with Crippen LogP contribution in [0.15, 0.2) is 47.6 Å². The van der Waals surface area contributed by atoms with Crippen molar-refractivity contribution in [3.63, 3.8) is 0 Å². The van der Waals surface area contributed by atoms with E-state index in [2.05, 4.69) is 41.5 Å². The number of rotatable bonds is 5. The number of nitrogens with one attached hydrogen (secondary N) is 2. The minimum absolute atomic E-state index is 0.0302. The lowest BCUT2D eigenvalue weighted by molar-refractivity contribution is 0.205. The lowest BCUT2D eigenvalue weighted by Gasteiger charge is -2.10. The Hall–Kier alpha value is -4.48. The van der Waals surface area contributed by atoms with Crippen LogP contribution in [0.5, 0.6) is 0 Å². The van der Waals surface area contributed by atoms with Crippen molar-refractivity contribution in [3.8, 4) is 11.3 Å². The first-order chi connectivity index (χ1) is 16.8. The maximum Gasteiger partial charge on any atom is 0.326 e. The number of nitrogen functional groups attached to an aromatic ring is 1. The van der Waals surface area contributed by atoms with E-state index in [1.54, 1.807) is 18.5 Å². The number of amides is 2. The quantitative estimate of drug-likeness (QED) is 0.340. The van der Waals surface area contributed by atoms with Crippen LogP contribution in [0.25, 0.3) is 27.9 Å². The number of halogens is 1. The Morgan fingerprint density at radius 1 is 1.20 bits per heavy atom. The van der Waals surface area contributed by atoms with Gasteiger partial charge in [-0.25, -0.2) is 24.1 Å². The first-order valence-electron chi connectivity index (χ1n) is 11.1. The Bertz CT molecular complexity index is 1590. The van der Waals surface area contributed by atoms with E-state index in [4.69, 9.17) is 10.3 Å². The summed E-state index contributed by atoms with van der Waals surface area (Å²) in [6.07, 6.45) is 9.18. The van der Waals surface area contributed by atoms with Crippen molar-refractivity contribution in [2.45, 2.75) is 38.4 Å². The average Bonchev–Trinajstić information content (AvgIpc) is 3.20. The van der Waals surface area contributed by atoms with Crippen LogP contribution in [-0.2, 0) is 5.67 Å². The molecule has 0 unspecified atom stereocenters. The van der Waals surface area contributed by atoms with E-state index >= 15 is 0 Å². The molecule has 1 saturated carbocycles. The van der Waals surface area contributed by atoms with Crippen LogP contribution in [0.4, 0.5) is 26.6 Å². The number of nitrogens with two attached hydrogens (primary N) is 1. The number of imidazole rings is 1.